The van der Waals surface area contributed by atoms with E-state index in [4.69, 9.17) is 10.5 Å². The van der Waals surface area contributed by atoms with Gasteiger partial charge < -0.3 is 10.5 Å². The predicted octanol–water partition coefficient (Wildman–Crippen LogP) is 4.62. The summed E-state index contributed by atoms with van der Waals surface area (Å²) in [4.78, 5) is 0. The Morgan fingerprint density at radius 1 is 0.765 bits per heavy atom. The molecule has 2 heteroatoms. The van der Waals surface area contributed by atoms with Crippen molar-refractivity contribution in [3.63, 3.8) is 0 Å². The highest BCUT2D eigenvalue weighted by molar-refractivity contribution is 4.48. The largest absolute Gasteiger partial charge is 0.364 e. The van der Waals surface area contributed by atoms with Gasteiger partial charge in [-0.3, -0.25) is 0 Å². The minimum Gasteiger partial charge on any atom is -0.364 e. The average Bonchev–Trinajstić information content (AvgIpc) is 2.30. The summed E-state index contributed by atoms with van der Waals surface area (Å²) < 4.78 is 5.30. The second kappa shape index (κ2) is 14.0. The normalized spacial score (nSPS) is 12.9. The number of unbranched alkanes of at least 4 members (excludes halogenated alkanes) is 10. The van der Waals surface area contributed by atoms with Gasteiger partial charge in [-0.1, -0.05) is 71.1 Å². The molecule has 0 aromatic heterocycles. The molecule has 0 aliphatic heterocycles. The molecule has 0 bridgehead atoms. The summed E-state index contributed by atoms with van der Waals surface area (Å²) in [5, 5.41) is 0. The number of ether oxygens (including phenoxy) is 1. The maximum absolute atomic E-state index is 5.50. The first kappa shape index (κ1) is 16.9. The van der Waals surface area contributed by atoms with Crippen molar-refractivity contribution in [2.75, 3.05) is 6.61 Å². The molecule has 0 aliphatic carbocycles. The molecule has 0 saturated heterocycles. The summed E-state index contributed by atoms with van der Waals surface area (Å²) in [5.74, 6) is 0. The molecule has 17 heavy (non-hydrogen) atoms. The maximum Gasteiger partial charge on any atom is 0.102 e. The monoisotopic (exact) mass is 243 g/mol. The zero-order chi connectivity index (χ0) is 12.8. The third-order valence-electron chi connectivity index (χ3n) is 3.13. The zero-order valence-electron chi connectivity index (χ0n) is 12.0. The summed E-state index contributed by atoms with van der Waals surface area (Å²) in [7, 11) is 0. The Hall–Kier alpha value is -0.0800. The van der Waals surface area contributed by atoms with E-state index in [1.165, 1.54) is 64.2 Å². The van der Waals surface area contributed by atoms with Gasteiger partial charge in [0.1, 0.15) is 6.23 Å². The van der Waals surface area contributed by atoms with E-state index in [0.29, 0.717) is 0 Å². The maximum atomic E-state index is 5.50. The lowest BCUT2D eigenvalue weighted by molar-refractivity contribution is 0.0676. The molecule has 2 N–H and O–H groups in total. The third kappa shape index (κ3) is 15.9. The van der Waals surface area contributed by atoms with Crippen molar-refractivity contribution < 1.29 is 4.74 Å². The molecule has 0 saturated carbocycles. The topological polar surface area (TPSA) is 35.2 Å². The van der Waals surface area contributed by atoms with Crippen LogP contribution in [0.25, 0.3) is 0 Å². The Kier molecular flexibility index (Phi) is 13.9. The highest BCUT2D eigenvalue weighted by Gasteiger charge is 1.94. The van der Waals surface area contributed by atoms with Crippen molar-refractivity contribution in [3.8, 4) is 0 Å². The molecule has 0 fully saturated rings. The molecule has 0 aromatic carbocycles. The van der Waals surface area contributed by atoms with Crippen molar-refractivity contribution >= 4 is 0 Å². The van der Waals surface area contributed by atoms with Crippen LogP contribution in [0.4, 0.5) is 0 Å². The SMILES string of the molecule is CCCCCCCCCCCCCOC(C)N. The van der Waals surface area contributed by atoms with Crippen molar-refractivity contribution in [2.24, 2.45) is 5.73 Å². The smallest absolute Gasteiger partial charge is 0.102 e. The van der Waals surface area contributed by atoms with Crippen LogP contribution in [-0.4, -0.2) is 12.8 Å². The van der Waals surface area contributed by atoms with Crippen LogP contribution in [0.5, 0.6) is 0 Å². The fraction of sp³-hybridized carbons (Fsp3) is 1.00. The molecular formula is C15H33NO. The number of nitrogens with two attached hydrogens (primary N) is 1. The number of hydrogen-bond donors (Lipinski definition) is 1. The molecule has 2 nitrogen and oxygen atoms in total. The predicted molar refractivity (Wildman–Crippen MR) is 76.1 cm³/mol. The molecule has 0 radical (unpaired) electrons. The van der Waals surface area contributed by atoms with E-state index in [9.17, 15) is 0 Å². The van der Waals surface area contributed by atoms with E-state index in [-0.39, 0.29) is 6.23 Å². The fourth-order valence-corrected chi connectivity index (χ4v) is 2.04. The van der Waals surface area contributed by atoms with Gasteiger partial charge in [0.15, 0.2) is 0 Å². The van der Waals surface area contributed by atoms with Crippen LogP contribution in [0.2, 0.25) is 0 Å². The minimum atomic E-state index is -0.0990. The van der Waals surface area contributed by atoms with Crippen molar-refractivity contribution in [1.82, 2.24) is 0 Å². The highest BCUT2D eigenvalue weighted by atomic mass is 16.5. The van der Waals surface area contributed by atoms with E-state index in [0.717, 1.165) is 13.0 Å². The van der Waals surface area contributed by atoms with E-state index in [1.54, 1.807) is 0 Å². The van der Waals surface area contributed by atoms with Crippen molar-refractivity contribution in [1.29, 1.82) is 0 Å². The van der Waals surface area contributed by atoms with Gasteiger partial charge in [0.2, 0.25) is 0 Å². The van der Waals surface area contributed by atoms with Crippen LogP contribution >= 0.6 is 0 Å². The Morgan fingerprint density at radius 3 is 1.59 bits per heavy atom. The lowest BCUT2D eigenvalue weighted by Gasteiger charge is -2.06. The average molecular weight is 243 g/mol. The summed E-state index contributed by atoms with van der Waals surface area (Å²) in [6.45, 7) is 4.99. The first-order valence-electron chi connectivity index (χ1n) is 7.64. The van der Waals surface area contributed by atoms with Gasteiger partial charge in [-0.2, -0.15) is 0 Å². The van der Waals surface area contributed by atoms with Crippen LogP contribution in [0.15, 0.2) is 0 Å². The third-order valence-corrected chi connectivity index (χ3v) is 3.13. The molecular weight excluding hydrogens is 210 g/mol. The second-order valence-electron chi connectivity index (χ2n) is 5.11. The van der Waals surface area contributed by atoms with Crippen molar-refractivity contribution in [3.05, 3.63) is 0 Å². The molecule has 0 amide bonds. The summed E-state index contributed by atoms with van der Waals surface area (Å²) in [5.41, 5.74) is 5.50. The van der Waals surface area contributed by atoms with E-state index < -0.39 is 0 Å². The molecule has 0 aromatic rings. The van der Waals surface area contributed by atoms with E-state index in [2.05, 4.69) is 6.92 Å². The van der Waals surface area contributed by atoms with Crippen LogP contribution in [0, 0.1) is 0 Å². The van der Waals surface area contributed by atoms with E-state index in [1.807, 2.05) is 6.92 Å². The number of rotatable bonds is 13. The van der Waals surface area contributed by atoms with E-state index >= 15 is 0 Å². The molecule has 0 aliphatic rings. The fourth-order valence-electron chi connectivity index (χ4n) is 2.04. The minimum absolute atomic E-state index is 0.0990. The van der Waals surface area contributed by atoms with Crippen LogP contribution in [-0.2, 0) is 4.74 Å². The molecule has 104 valence electrons. The highest BCUT2D eigenvalue weighted by Crippen LogP contribution is 2.11. The zero-order valence-corrected chi connectivity index (χ0v) is 12.0. The lowest BCUT2D eigenvalue weighted by atomic mass is 10.1. The number of hydrogen-bond acceptors (Lipinski definition) is 2. The van der Waals surface area contributed by atoms with Gasteiger partial charge in [0, 0.05) is 6.61 Å². The Morgan fingerprint density at radius 2 is 1.18 bits per heavy atom. The van der Waals surface area contributed by atoms with Crippen LogP contribution < -0.4 is 5.73 Å². The molecule has 0 spiro atoms. The second-order valence-corrected chi connectivity index (χ2v) is 5.11. The summed E-state index contributed by atoms with van der Waals surface area (Å²) >= 11 is 0. The molecule has 0 rings (SSSR count). The standard InChI is InChI=1S/C15H33NO/c1-3-4-5-6-7-8-9-10-11-12-13-14-17-15(2)16/h15H,3-14,16H2,1-2H3. The van der Waals surface area contributed by atoms with Gasteiger partial charge in [-0.15, -0.1) is 0 Å². The van der Waals surface area contributed by atoms with Gasteiger partial charge in [-0.25, -0.2) is 0 Å². The van der Waals surface area contributed by atoms with Crippen LogP contribution in [0.3, 0.4) is 0 Å². The Balaban J connectivity index is 2.89. The Bertz CT molecular complexity index is 137. The molecule has 0 heterocycles. The van der Waals surface area contributed by atoms with Gasteiger partial charge in [0.25, 0.3) is 0 Å². The van der Waals surface area contributed by atoms with Gasteiger partial charge in [0.05, 0.1) is 0 Å². The van der Waals surface area contributed by atoms with Gasteiger partial charge in [-0.05, 0) is 13.3 Å². The first-order chi connectivity index (χ1) is 8.27. The molecule has 1 atom stereocenters. The Labute approximate surface area is 108 Å². The van der Waals surface area contributed by atoms with Crippen LogP contribution in [0.1, 0.15) is 84.5 Å². The summed E-state index contributed by atoms with van der Waals surface area (Å²) in [6.07, 6.45) is 15.0. The molecule has 1 unspecified atom stereocenters. The van der Waals surface area contributed by atoms with Crippen molar-refractivity contribution in [2.45, 2.75) is 90.7 Å². The summed E-state index contributed by atoms with van der Waals surface area (Å²) in [6, 6.07) is 0. The lowest BCUT2D eigenvalue weighted by Crippen LogP contribution is -2.19. The first-order valence-corrected chi connectivity index (χ1v) is 7.64. The quantitative estimate of drug-likeness (QED) is 0.378. The van der Waals surface area contributed by atoms with Gasteiger partial charge >= 0.3 is 0 Å².